The summed E-state index contributed by atoms with van der Waals surface area (Å²) in [7, 11) is 0. The van der Waals surface area contributed by atoms with E-state index in [9.17, 15) is 9.90 Å². The molecular formula is C12H10N2O3. The predicted molar refractivity (Wildman–Crippen MR) is 59.2 cm³/mol. The molecule has 0 amide bonds. The molecule has 1 N–H and O–H groups in total. The summed E-state index contributed by atoms with van der Waals surface area (Å²) in [6.45, 7) is 0.256. The Kier molecular flexibility index (Phi) is 2.11. The third kappa shape index (κ3) is 1.56. The molecule has 0 saturated heterocycles. The first kappa shape index (κ1) is 9.89. The van der Waals surface area contributed by atoms with Crippen LogP contribution >= 0.6 is 0 Å². The lowest BCUT2D eigenvalue weighted by atomic mass is 10.0. The first-order valence-corrected chi connectivity index (χ1v) is 5.23. The number of imidazole rings is 1. The summed E-state index contributed by atoms with van der Waals surface area (Å²) in [5, 5.41) is 9.32. The van der Waals surface area contributed by atoms with E-state index in [2.05, 4.69) is 4.98 Å². The number of rotatable bonds is 1. The molecule has 2 aromatic rings. The minimum Gasteiger partial charge on any atom is -0.508 e. The number of fused-ring (bicyclic) bond motifs is 1. The number of phenolic OH excluding ortho intramolecular Hbond substituents is 1. The van der Waals surface area contributed by atoms with Crippen molar-refractivity contribution in [2.75, 3.05) is 6.61 Å². The first-order valence-electron chi connectivity index (χ1n) is 5.23. The lowest BCUT2D eigenvalue weighted by Gasteiger charge is -2.24. The highest BCUT2D eigenvalue weighted by Gasteiger charge is 2.29. The van der Waals surface area contributed by atoms with Gasteiger partial charge in [-0.3, -0.25) is 4.79 Å². The van der Waals surface area contributed by atoms with Crippen LogP contribution in [-0.4, -0.2) is 27.0 Å². The molecule has 0 spiro atoms. The standard InChI is InChI=1S/C12H10N2O3/c15-8-1-2-9-11(5-8)17-6-10(12(9)16)14-4-3-13-7-14/h1-5,7,10,15H,6H2. The van der Waals surface area contributed by atoms with E-state index >= 15 is 0 Å². The molecule has 86 valence electrons. The SMILES string of the molecule is O=C1c2ccc(O)cc2OCC1n1ccnc1. The topological polar surface area (TPSA) is 64.3 Å². The van der Waals surface area contributed by atoms with Crippen molar-refractivity contribution in [2.45, 2.75) is 6.04 Å². The molecule has 0 aliphatic carbocycles. The molecule has 1 aliphatic rings. The summed E-state index contributed by atoms with van der Waals surface area (Å²) in [5.74, 6) is 0.508. The minimum atomic E-state index is -0.380. The van der Waals surface area contributed by atoms with Crippen molar-refractivity contribution in [3.8, 4) is 11.5 Å². The maximum Gasteiger partial charge on any atom is 0.192 e. The predicted octanol–water partition coefficient (Wildman–Crippen LogP) is 1.41. The van der Waals surface area contributed by atoms with Gasteiger partial charge in [-0.2, -0.15) is 0 Å². The van der Waals surface area contributed by atoms with Gasteiger partial charge in [-0.1, -0.05) is 0 Å². The molecule has 2 heterocycles. The van der Waals surface area contributed by atoms with E-state index in [0.717, 1.165) is 0 Å². The van der Waals surface area contributed by atoms with Gasteiger partial charge in [0.05, 0.1) is 11.9 Å². The Bertz CT molecular complexity index is 563. The van der Waals surface area contributed by atoms with E-state index < -0.39 is 0 Å². The Balaban J connectivity index is 2.01. The van der Waals surface area contributed by atoms with Crippen molar-refractivity contribution in [1.82, 2.24) is 9.55 Å². The van der Waals surface area contributed by atoms with Gasteiger partial charge in [0.1, 0.15) is 24.1 Å². The second-order valence-corrected chi connectivity index (χ2v) is 3.88. The Morgan fingerprint density at radius 1 is 1.47 bits per heavy atom. The molecule has 1 aromatic heterocycles. The van der Waals surface area contributed by atoms with Gasteiger partial charge in [0, 0.05) is 18.5 Å². The zero-order valence-corrected chi connectivity index (χ0v) is 8.91. The Hall–Kier alpha value is -2.30. The number of ketones is 1. The number of hydrogen-bond donors (Lipinski definition) is 1. The second-order valence-electron chi connectivity index (χ2n) is 3.88. The zero-order chi connectivity index (χ0) is 11.8. The van der Waals surface area contributed by atoms with E-state index in [4.69, 9.17) is 4.74 Å². The fourth-order valence-electron chi connectivity index (χ4n) is 1.93. The average Bonchev–Trinajstić information content (AvgIpc) is 2.82. The molecule has 5 nitrogen and oxygen atoms in total. The highest BCUT2D eigenvalue weighted by Crippen LogP contribution is 2.32. The van der Waals surface area contributed by atoms with Gasteiger partial charge in [0.15, 0.2) is 5.78 Å². The summed E-state index contributed by atoms with van der Waals surface area (Å²) in [5.41, 5.74) is 0.493. The van der Waals surface area contributed by atoms with Crippen LogP contribution in [0.4, 0.5) is 0 Å². The summed E-state index contributed by atoms with van der Waals surface area (Å²) >= 11 is 0. The van der Waals surface area contributed by atoms with Gasteiger partial charge in [0.25, 0.3) is 0 Å². The third-order valence-corrected chi connectivity index (χ3v) is 2.81. The van der Waals surface area contributed by atoms with E-state index in [1.54, 1.807) is 29.4 Å². The van der Waals surface area contributed by atoms with Crippen molar-refractivity contribution in [3.05, 3.63) is 42.5 Å². The quantitative estimate of drug-likeness (QED) is 0.804. The molecule has 0 bridgehead atoms. The van der Waals surface area contributed by atoms with E-state index in [1.165, 1.54) is 12.1 Å². The van der Waals surface area contributed by atoms with Crippen LogP contribution < -0.4 is 4.74 Å². The molecule has 0 radical (unpaired) electrons. The summed E-state index contributed by atoms with van der Waals surface area (Å²) in [6.07, 6.45) is 4.95. The van der Waals surface area contributed by atoms with Crippen molar-refractivity contribution < 1.29 is 14.6 Å². The maximum absolute atomic E-state index is 12.2. The largest absolute Gasteiger partial charge is 0.508 e. The van der Waals surface area contributed by atoms with E-state index in [1.807, 2.05) is 0 Å². The molecular weight excluding hydrogens is 220 g/mol. The number of Topliss-reactive ketones (excluding diaryl/α,β-unsaturated/α-hetero) is 1. The fraction of sp³-hybridized carbons (Fsp3) is 0.167. The van der Waals surface area contributed by atoms with Gasteiger partial charge < -0.3 is 14.4 Å². The van der Waals surface area contributed by atoms with Crippen molar-refractivity contribution in [1.29, 1.82) is 0 Å². The molecule has 1 unspecified atom stereocenters. The number of benzene rings is 1. The molecule has 5 heteroatoms. The van der Waals surface area contributed by atoms with Crippen LogP contribution in [0.1, 0.15) is 16.4 Å². The molecule has 3 rings (SSSR count). The van der Waals surface area contributed by atoms with Gasteiger partial charge in [-0.25, -0.2) is 4.98 Å². The van der Waals surface area contributed by atoms with Gasteiger partial charge >= 0.3 is 0 Å². The van der Waals surface area contributed by atoms with Crippen LogP contribution in [0.25, 0.3) is 0 Å². The first-order chi connectivity index (χ1) is 8.25. The lowest BCUT2D eigenvalue weighted by molar-refractivity contribution is 0.0841. The van der Waals surface area contributed by atoms with E-state index in [-0.39, 0.29) is 24.2 Å². The lowest BCUT2D eigenvalue weighted by Crippen LogP contribution is -2.29. The van der Waals surface area contributed by atoms with E-state index in [0.29, 0.717) is 11.3 Å². The summed E-state index contributed by atoms with van der Waals surface area (Å²) in [6, 6.07) is 4.14. The summed E-state index contributed by atoms with van der Waals surface area (Å²) in [4.78, 5) is 16.1. The number of carbonyl (C=O) groups excluding carboxylic acids is 1. The van der Waals surface area contributed by atoms with Gasteiger partial charge in [0.2, 0.25) is 0 Å². The Morgan fingerprint density at radius 2 is 2.35 bits per heavy atom. The number of nitrogens with zero attached hydrogens (tertiary/aromatic N) is 2. The fourth-order valence-corrected chi connectivity index (χ4v) is 1.93. The molecule has 1 aromatic carbocycles. The molecule has 0 fully saturated rings. The average molecular weight is 230 g/mol. The van der Waals surface area contributed by atoms with Crippen LogP contribution in [0.3, 0.4) is 0 Å². The van der Waals surface area contributed by atoms with Crippen molar-refractivity contribution >= 4 is 5.78 Å². The normalized spacial score (nSPS) is 18.6. The van der Waals surface area contributed by atoms with Gasteiger partial charge in [-0.05, 0) is 12.1 Å². The molecule has 1 aliphatic heterocycles. The summed E-state index contributed by atoms with van der Waals surface area (Å²) < 4.78 is 7.20. The number of hydrogen-bond acceptors (Lipinski definition) is 4. The van der Waals surface area contributed by atoms with Gasteiger partial charge in [-0.15, -0.1) is 0 Å². The molecule has 1 atom stereocenters. The Labute approximate surface area is 97.3 Å². The second kappa shape index (κ2) is 3.62. The van der Waals surface area contributed by atoms with Crippen molar-refractivity contribution in [2.24, 2.45) is 0 Å². The third-order valence-electron chi connectivity index (χ3n) is 2.81. The number of carbonyl (C=O) groups is 1. The van der Waals surface area contributed by atoms with Crippen molar-refractivity contribution in [3.63, 3.8) is 0 Å². The van der Waals surface area contributed by atoms with Crippen LogP contribution in [0, 0.1) is 0 Å². The monoisotopic (exact) mass is 230 g/mol. The van der Waals surface area contributed by atoms with Crippen LogP contribution in [0.5, 0.6) is 11.5 Å². The van der Waals surface area contributed by atoms with Crippen LogP contribution in [-0.2, 0) is 0 Å². The Morgan fingerprint density at radius 3 is 3.12 bits per heavy atom. The van der Waals surface area contributed by atoms with Crippen LogP contribution in [0.15, 0.2) is 36.9 Å². The smallest absolute Gasteiger partial charge is 0.192 e. The zero-order valence-electron chi connectivity index (χ0n) is 8.91. The molecule has 17 heavy (non-hydrogen) atoms. The molecule has 0 saturated carbocycles. The number of phenols is 1. The van der Waals surface area contributed by atoms with Crippen LogP contribution in [0.2, 0.25) is 0 Å². The highest BCUT2D eigenvalue weighted by molar-refractivity contribution is 6.02. The highest BCUT2D eigenvalue weighted by atomic mass is 16.5. The number of aromatic hydroxyl groups is 1. The number of aromatic nitrogens is 2. The maximum atomic E-state index is 12.2. The minimum absolute atomic E-state index is 0.0238. The number of ether oxygens (including phenoxy) is 1.